The number of carboxylic acids is 1. The van der Waals surface area contributed by atoms with Crippen LogP contribution in [0, 0.1) is 0 Å². The Kier molecular flexibility index (Phi) is 6.00. The molecular weight excluding hydrogens is 320 g/mol. The maximum Gasteiger partial charge on any atom is 0.335 e. The van der Waals surface area contributed by atoms with E-state index in [1.54, 1.807) is 0 Å². The third-order valence-electron chi connectivity index (χ3n) is 4.11. The van der Waals surface area contributed by atoms with E-state index in [0.717, 1.165) is 0 Å². The molecule has 134 valence electrons. The van der Waals surface area contributed by atoms with Gasteiger partial charge in [0.15, 0.2) is 0 Å². The van der Waals surface area contributed by atoms with E-state index >= 15 is 0 Å². The first-order chi connectivity index (χ1) is 11.4. The smallest absolute Gasteiger partial charge is 0.335 e. The summed E-state index contributed by atoms with van der Waals surface area (Å²) in [6.07, 6.45) is -3.09. The van der Waals surface area contributed by atoms with E-state index in [1.165, 1.54) is 26.4 Å². The SMILES string of the molecule is COc1cc(C(=O)O)cc(OC)c1C[C@H]1C[C@@H](O)[C@H](O)[C@@H](CO)O1. The Morgan fingerprint density at radius 3 is 2.29 bits per heavy atom. The van der Waals surface area contributed by atoms with Gasteiger partial charge < -0.3 is 34.6 Å². The summed E-state index contributed by atoms with van der Waals surface area (Å²) in [5, 5.41) is 38.1. The van der Waals surface area contributed by atoms with E-state index in [9.17, 15) is 20.1 Å². The van der Waals surface area contributed by atoms with Crippen molar-refractivity contribution in [3.8, 4) is 11.5 Å². The molecule has 1 fully saturated rings. The molecule has 1 aliphatic rings. The Bertz CT molecular complexity index is 562. The fourth-order valence-corrected chi connectivity index (χ4v) is 2.86. The third kappa shape index (κ3) is 3.78. The molecular formula is C16H22O8. The molecule has 24 heavy (non-hydrogen) atoms. The molecule has 1 heterocycles. The summed E-state index contributed by atoms with van der Waals surface area (Å²) >= 11 is 0. The van der Waals surface area contributed by atoms with Crippen LogP contribution in [-0.4, -0.2) is 71.6 Å². The molecule has 8 heteroatoms. The molecule has 1 saturated heterocycles. The van der Waals surface area contributed by atoms with Gasteiger partial charge in [-0.25, -0.2) is 4.79 Å². The molecule has 4 N–H and O–H groups in total. The van der Waals surface area contributed by atoms with Crippen LogP contribution in [0.25, 0.3) is 0 Å². The van der Waals surface area contributed by atoms with Crippen LogP contribution in [0.1, 0.15) is 22.3 Å². The van der Waals surface area contributed by atoms with Gasteiger partial charge in [-0.1, -0.05) is 0 Å². The molecule has 0 aromatic heterocycles. The van der Waals surface area contributed by atoms with Gasteiger partial charge in [0.05, 0.1) is 38.6 Å². The zero-order valence-corrected chi connectivity index (χ0v) is 13.5. The zero-order valence-electron chi connectivity index (χ0n) is 13.5. The highest BCUT2D eigenvalue weighted by Crippen LogP contribution is 2.34. The Labute approximate surface area is 139 Å². The predicted octanol–water partition coefficient (Wildman–Crippen LogP) is -0.184. The molecule has 0 unspecified atom stereocenters. The molecule has 4 atom stereocenters. The number of ether oxygens (including phenoxy) is 3. The molecule has 1 aromatic carbocycles. The van der Waals surface area contributed by atoms with E-state index in [0.29, 0.717) is 17.1 Å². The number of aliphatic hydroxyl groups excluding tert-OH is 3. The fraction of sp³-hybridized carbons (Fsp3) is 0.562. The summed E-state index contributed by atoms with van der Waals surface area (Å²) in [6, 6.07) is 2.77. The number of aromatic carboxylic acids is 1. The van der Waals surface area contributed by atoms with Crippen molar-refractivity contribution >= 4 is 5.97 Å². The summed E-state index contributed by atoms with van der Waals surface area (Å²) in [4.78, 5) is 11.2. The molecule has 1 aromatic rings. The maximum atomic E-state index is 11.2. The third-order valence-corrected chi connectivity index (χ3v) is 4.11. The Balaban J connectivity index is 2.30. The van der Waals surface area contributed by atoms with Crippen molar-refractivity contribution < 1.29 is 39.4 Å². The van der Waals surface area contributed by atoms with Crippen molar-refractivity contribution in [2.24, 2.45) is 0 Å². The lowest BCUT2D eigenvalue weighted by molar-refractivity contribution is -0.179. The minimum atomic E-state index is -1.15. The van der Waals surface area contributed by atoms with E-state index in [2.05, 4.69) is 0 Å². The van der Waals surface area contributed by atoms with Crippen LogP contribution >= 0.6 is 0 Å². The van der Waals surface area contributed by atoms with Gasteiger partial charge in [-0.15, -0.1) is 0 Å². The van der Waals surface area contributed by atoms with Crippen molar-refractivity contribution in [2.45, 2.75) is 37.3 Å². The topological polar surface area (TPSA) is 126 Å². The molecule has 0 amide bonds. The molecule has 0 radical (unpaired) electrons. The Hall–Kier alpha value is -1.87. The lowest BCUT2D eigenvalue weighted by Gasteiger charge is -2.36. The van der Waals surface area contributed by atoms with Gasteiger partial charge in [-0.2, -0.15) is 0 Å². The number of aliphatic hydroxyl groups is 3. The predicted molar refractivity (Wildman–Crippen MR) is 82.6 cm³/mol. The highest BCUT2D eigenvalue weighted by atomic mass is 16.5. The van der Waals surface area contributed by atoms with Crippen LogP contribution in [-0.2, 0) is 11.2 Å². The molecule has 1 aliphatic heterocycles. The van der Waals surface area contributed by atoms with Crippen molar-refractivity contribution in [1.82, 2.24) is 0 Å². The standard InChI is InChI=1S/C16H22O8/c1-22-12-3-8(16(20)21)4-13(23-2)10(12)5-9-6-11(18)15(19)14(7-17)24-9/h3-4,9,11,14-15,17-19H,5-7H2,1-2H3,(H,20,21)/t9-,11+,14+,15-/m0/s1. The van der Waals surface area contributed by atoms with E-state index in [1.807, 2.05) is 0 Å². The van der Waals surface area contributed by atoms with Crippen molar-refractivity contribution in [3.63, 3.8) is 0 Å². The number of benzene rings is 1. The fourth-order valence-electron chi connectivity index (χ4n) is 2.86. The lowest BCUT2D eigenvalue weighted by atomic mass is 9.93. The van der Waals surface area contributed by atoms with Gasteiger partial charge in [0, 0.05) is 18.4 Å². The van der Waals surface area contributed by atoms with E-state index in [-0.39, 0.29) is 18.4 Å². The zero-order chi connectivity index (χ0) is 17.9. The Morgan fingerprint density at radius 1 is 1.25 bits per heavy atom. The first-order valence-electron chi connectivity index (χ1n) is 7.51. The molecule has 0 bridgehead atoms. The summed E-state index contributed by atoms with van der Waals surface area (Å²) in [6.45, 7) is -0.416. The van der Waals surface area contributed by atoms with Gasteiger partial charge in [0.1, 0.15) is 23.7 Å². The van der Waals surface area contributed by atoms with Gasteiger partial charge in [-0.3, -0.25) is 0 Å². The first kappa shape index (κ1) is 18.5. The van der Waals surface area contributed by atoms with Gasteiger partial charge in [0.25, 0.3) is 0 Å². The van der Waals surface area contributed by atoms with Crippen LogP contribution in [0.4, 0.5) is 0 Å². The largest absolute Gasteiger partial charge is 0.496 e. The maximum absolute atomic E-state index is 11.2. The number of carboxylic acid groups (broad SMARTS) is 1. The first-order valence-corrected chi connectivity index (χ1v) is 7.51. The molecule has 0 spiro atoms. The molecule has 2 rings (SSSR count). The van der Waals surface area contributed by atoms with Crippen LogP contribution < -0.4 is 9.47 Å². The number of carbonyl (C=O) groups is 1. The van der Waals surface area contributed by atoms with E-state index < -0.39 is 37.0 Å². The highest BCUT2D eigenvalue weighted by Gasteiger charge is 2.37. The van der Waals surface area contributed by atoms with Gasteiger partial charge in [0.2, 0.25) is 0 Å². The minimum Gasteiger partial charge on any atom is -0.496 e. The number of rotatable bonds is 6. The van der Waals surface area contributed by atoms with Crippen LogP contribution in [0.2, 0.25) is 0 Å². The number of hydrogen-bond acceptors (Lipinski definition) is 7. The molecule has 0 aliphatic carbocycles. The lowest BCUT2D eigenvalue weighted by Crippen LogP contribution is -2.50. The van der Waals surface area contributed by atoms with Crippen LogP contribution in [0.15, 0.2) is 12.1 Å². The normalized spacial score (nSPS) is 26.9. The van der Waals surface area contributed by atoms with Crippen molar-refractivity contribution in [2.75, 3.05) is 20.8 Å². The second kappa shape index (κ2) is 7.80. The van der Waals surface area contributed by atoms with Gasteiger partial charge in [-0.05, 0) is 12.1 Å². The van der Waals surface area contributed by atoms with Crippen LogP contribution in [0.3, 0.4) is 0 Å². The van der Waals surface area contributed by atoms with Crippen molar-refractivity contribution in [3.05, 3.63) is 23.3 Å². The molecule has 0 saturated carbocycles. The second-order valence-corrected chi connectivity index (χ2v) is 5.64. The quantitative estimate of drug-likeness (QED) is 0.561. The number of hydrogen-bond donors (Lipinski definition) is 4. The van der Waals surface area contributed by atoms with Crippen molar-refractivity contribution in [1.29, 1.82) is 0 Å². The summed E-state index contributed by atoms with van der Waals surface area (Å²) in [5.41, 5.74) is 0.621. The van der Waals surface area contributed by atoms with E-state index in [4.69, 9.17) is 19.3 Å². The van der Waals surface area contributed by atoms with Gasteiger partial charge >= 0.3 is 5.97 Å². The highest BCUT2D eigenvalue weighted by molar-refractivity contribution is 5.89. The second-order valence-electron chi connectivity index (χ2n) is 5.64. The molecule has 8 nitrogen and oxygen atoms in total. The average Bonchev–Trinajstić information content (AvgIpc) is 2.57. The summed E-state index contributed by atoms with van der Waals surface area (Å²) in [7, 11) is 2.83. The monoisotopic (exact) mass is 342 g/mol. The minimum absolute atomic E-state index is 0.0284. The summed E-state index contributed by atoms with van der Waals surface area (Å²) < 4.78 is 16.1. The summed E-state index contributed by atoms with van der Waals surface area (Å²) in [5.74, 6) is -0.445. The average molecular weight is 342 g/mol. The Morgan fingerprint density at radius 2 is 1.83 bits per heavy atom. The van der Waals surface area contributed by atoms with Crippen LogP contribution in [0.5, 0.6) is 11.5 Å². The number of methoxy groups -OCH3 is 2.